The standard InChI is InChI=1S/C15H26N4/c1-4-19(13-8-6-5-7-9-13)11-15-17-12(2)10-14(16-3)18-15/h10,13H,4-9,11H2,1-3H3,(H,16,17,18). The Morgan fingerprint density at radius 3 is 2.63 bits per heavy atom. The maximum Gasteiger partial charge on any atom is 0.144 e. The van der Waals surface area contributed by atoms with Crippen LogP contribution in [-0.2, 0) is 6.54 Å². The lowest BCUT2D eigenvalue weighted by Gasteiger charge is -2.33. The van der Waals surface area contributed by atoms with Crippen LogP contribution in [0.25, 0.3) is 0 Å². The Hall–Kier alpha value is -1.16. The quantitative estimate of drug-likeness (QED) is 0.885. The maximum atomic E-state index is 4.57. The Morgan fingerprint density at radius 2 is 2.00 bits per heavy atom. The predicted octanol–water partition coefficient (Wildman–Crippen LogP) is 2.98. The topological polar surface area (TPSA) is 41.1 Å². The highest BCUT2D eigenvalue weighted by molar-refractivity contribution is 5.34. The molecule has 1 aromatic rings. The van der Waals surface area contributed by atoms with E-state index in [2.05, 4.69) is 27.1 Å². The monoisotopic (exact) mass is 262 g/mol. The molecule has 2 rings (SSSR count). The lowest BCUT2D eigenvalue weighted by Crippen LogP contribution is -2.36. The van der Waals surface area contributed by atoms with Gasteiger partial charge in [0.05, 0.1) is 6.54 Å². The van der Waals surface area contributed by atoms with E-state index in [1.54, 1.807) is 0 Å². The van der Waals surface area contributed by atoms with Gasteiger partial charge in [-0.1, -0.05) is 26.2 Å². The molecule has 4 nitrogen and oxygen atoms in total. The molecular weight excluding hydrogens is 236 g/mol. The number of nitrogens with one attached hydrogen (secondary N) is 1. The molecule has 0 bridgehead atoms. The van der Waals surface area contributed by atoms with Crippen LogP contribution in [0.2, 0.25) is 0 Å². The predicted molar refractivity (Wildman–Crippen MR) is 79.3 cm³/mol. The van der Waals surface area contributed by atoms with Crippen molar-refractivity contribution in [2.45, 2.75) is 58.5 Å². The molecule has 106 valence electrons. The Morgan fingerprint density at radius 1 is 1.26 bits per heavy atom. The number of hydrogen-bond donors (Lipinski definition) is 1. The highest BCUT2D eigenvalue weighted by atomic mass is 15.2. The molecular formula is C15H26N4. The fourth-order valence-corrected chi connectivity index (χ4v) is 2.96. The van der Waals surface area contributed by atoms with Crippen molar-refractivity contribution in [1.82, 2.24) is 14.9 Å². The molecule has 1 fully saturated rings. The van der Waals surface area contributed by atoms with Gasteiger partial charge in [-0.2, -0.15) is 0 Å². The van der Waals surface area contributed by atoms with E-state index < -0.39 is 0 Å². The second-order valence-electron chi connectivity index (χ2n) is 5.42. The van der Waals surface area contributed by atoms with Crippen LogP contribution in [0.3, 0.4) is 0 Å². The van der Waals surface area contributed by atoms with Crippen molar-refractivity contribution in [3.63, 3.8) is 0 Å². The van der Waals surface area contributed by atoms with Gasteiger partial charge in [0, 0.05) is 24.8 Å². The minimum absolute atomic E-state index is 0.723. The highest BCUT2D eigenvalue weighted by Crippen LogP contribution is 2.23. The van der Waals surface area contributed by atoms with Gasteiger partial charge >= 0.3 is 0 Å². The van der Waals surface area contributed by atoms with Crippen LogP contribution in [0.5, 0.6) is 0 Å². The molecule has 1 aliphatic carbocycles. The number of rotatable bonds is 5. The van der Waals surface area contributed by atoms with Crippen molar-refractivity contribution in [2.75, 3.05) is 18.9 Å². The van der Waals surface area contributed by atoms with Gasteiger partial charge in [0.2, 0.25) is 0 Å². The average molecular weight is 262 g/mol. The van der Waals surface area contributed by atoms with E-state index in [4.69, 9.17) is 0 Å². The van der Waals surface area contributed by atoms with E-state index in [1.165, 1.54) is 32.1 Å². The van der Waals surface area contributed by atoms with Gasteiger partial charge in [-0.15, -0.1) is 0 Å². The molecule has 1 aromatic heterocycles. The van der Waals surface area contributed by atoms with Gasteiger partial charge in [-0.25, -0.2) is 9.97 Å². The molecule has 0 saturated heterocycles. The second-order valence-corrected chi connectivity index (χ2v) is 5.42. The molecule has 0 aromatic carbocycles. The van der Waals surface area contributed by atoms with E-state index >= 15 is 0 Å². The lowest BCUT2D eigenvalue weighted by molar-refractivity contribution is 0.152. The fraction of sp³-hybridized carbons (Fsp3) is 0.733. The summed E-state index contributed by atoms with van der Waals surface area (Å²) < 4.78 is 0. The molecule has 1 aliphatic rings. The highest BCUT2D eigenvalue weighted by Gasteiger charge is 2.20. The lowest BCUT2D eigenvalue weighted by atomic mass is 9.94. The molecule has 0 atom stereocenters. The van der Waals surface area contributed by atoms with Crippen LogP contribution in [0.1, 0.15) is 50.5 Å². The Labute approximate surface area is 116 Å². The van der Waals surface area contributed by atoms with E-state index in [9.17, 15) is 0 Å². The van der Waals surface area contributed by atoms with Crippen LogP contribution >= 0.6 is 0 Å². The van der Waals surface area contributed by atoms with Gasteiger partial charge in [-0.05, 0) is 26.3 Å². The van der Waals surface area contributed by atoms with E-state index in [0.29, 0.717) is 0 Å². The maximum absolute atomic E-state index is 4.57. The Kier molecular flexibility index (Phi) is 5.14. The van der Waals surface area contributed by atoms with E-state index in [0.717, 1.165) is 36.5 Å². The molecule has 1 heterocycles. The third-order valence-corrected chi connectivity index (χ3v) is 4.00. The normalized spacial score (nSPS) is 16.8. The molecule has 1 saturated carbocycles. The zero-order valence-electron chi connectivity index (χ0n) is 12.4. The fourth-order valence-electron chi connectivity index (χ4n) is 2.96. The molecule has 0 radical (unpaired) electrons. The molecule has 0 spiro atoms. The summed E-state index contributed by atoms with van der Waals surface area (Å²) in [5, 5.41) is 3.11. The minimum Gasteiger partial charge on any atom is -0.373 e. The summed E-state index contributed by atoms with van der Waals surface area (Å²) in [5.41, 5.74) is 1.04. The number of hydrogen-bond acceptors (Lipinski definition) is 4. The van der Waals surface area contributed by atoms with Gasteiger partial charge in [-0.3, -0.25) is 4.90 Å². The van der Waals surface area contributed by atoms with Crippen molar-refractivity contribution in [1.29, 1.82) is 0 Å². The van der Waals surface area contributed by atoms with Crippen molar-refractivity contribution >= 4 is 5.82 Å². The average Bonchev–Trinajstić information content (AvgIpc) is 2.45. The third kappa shape index (κ3) is 3.90. The molecule has 4 heteroatoms. The van der Waals surface area contributed by atoms with Crippen molar-refractivity contribution in [2.24, 2.45) is 0 Å². The van der Waals surface area contributed by atoms with E-state index in [-0.39, 0.29) is 0 Å². The van der Waals surface area contributed by atoms with Gasteiger partial charge < -0.3 is 5.32 Å². The Balaban J connectivity index is 2.06. The van der Waals surface area contributed by atoms with Crippen molar-refractivity contribution < 1.29 is 0 Å². The van der Waals surface area contributed by atoms with Gasteiger partial charge in [0.1, 0.15) is 11.6 Å². The van der Waals surface area contributed by atoms with Crippen LogP contribution in [-0.4, -0.2) is 34.5 Å². The number of aryl methyl sites for hydroxylation is 1. The second kappa shape index (κ2) is 6.85. The number of anilines is 1. The first-order chi connectivity index (χ1) is 9.22. The van der Waals surface area contributed by atoms with Crippen LogP contribution < -0.4 is 5.32 Å². The molecule has 0 aliphatic heterocycles. The van der Waals surface area contributed by atoms with Gasteiger partial charge in [0.15, 0.2) is 0 Å². The zero-order chi connectivity index (χ0) is 13.7. The number of nitrogens with zero attached hydrogens (tertiary/aromatic N) is 3. The van der Waals surface area contributed by atoms with Crippen molar-refractivity contribution in [3.05, 3.63) is 17.6 Å². The van der Waals surface area contributed by atoms with Crippen LogP contribution in [0.15, 0.2) is 6.07 Å². The third-order valence-electron chi connectivity index (χ3n) is 4.00. The Bertz CT molecular complexity index is 399. The molecule has 19 heavy (non-hydrogen) atoms. The SMILES string of the molecule is CCN(Cc1nc(C)cc(NC)n1)C1CCCCC1. The molecule has 0 unspecified atom stereocenters. The van der Waals surface area contributed by atoms with Crippen LogP contribution in [0, 0.1) is 6.92 Å². The minimum atomic E-state index is 0.723. The first-order valence-electron chi connectivity index (χ1n) is 7.49. The summed E-state index contributed by atoms with van der Waals surface area (Å²) in [6.45, 7) is 6.22. The first-order valence-corrected chi connectivity index (χ1v) is 7.49. The summed E-state index contributed by atoms with van der Waals surface area (Å²) in [7, 11) is 1.91. The summed E-state index contributed by atoms with van der Waals surface area (Å²) in [5.74, 6) is 1.86. The van der Waals surface area contributed by atoms with Crippen molar-refractivity contribution in [3.8, 4) is 0 Å². The smallest absolute Gasteiger partial charge is 0.144 e. The summed E-state index contributed by atoms with van der Waals surface area (Å²) in [6.07, 6.45) is 6.81. The zero-order valence-corrected chi connectivity index (χ0v) is 12.4. The molecule has 1 N–H and O–H groups in total. The van der Waals surface area contributed by atoms with Crippen LogP contribution in [0.4, 0.5) is 5.82 Å². The molecule has 0 amide bonds. The summed E-state index contributed by atoms with van der Waals surface area (Å²) >= 11 is 0. The van der Waals surface area contributed by atoms with E-state index in [1.807, 2.05) is 20.0 Å². The summed E-state index contributed by atoms with van der Waals surface area (Å²) in [4.78, 5) is 11.7. The van der Waals surface area contributed by atoms with Gasteiger partial charge in [0.25, 0.3) is 0 Å². The first kappa shape index (κ1) is 14.3. The largest absolute Gasteiger partial charge is 0.373 e. The number of aromatic nitrogens is 2. The summed E-state index contributed by atoms with van der Waals surface area (Å²) in [6, 6.07) is 2.71.